The molecule has 6 atom stereocenters. The molecule has 0 radical (unpaired) electrons. The number of hydrogen-bond donors (Lipinski definition) is 3. The van der Waals surface area contributed by atoms with Crippen molar-refractivity contribution in [2.45, 2.75) is 69.6 Å². The predicted octanol–water partition coefficient (Wildman–Crippen LogP) is 4.72. The molecule has 0 bridgehead atoms. The lowest BCUT2D eigenvalue weighted by Crippen LogP contribution is -2.70. The Morgan fingerprint density at radius 1 is 1.09 bits per heavy atom. The first-order valence-corrected chi connectivity index (χ1v) is 20.2. The highest BCUT2D eigenvalue weighted by Crippen LogP contribution is 2.62. The van der Waals surface area contributed by atoms with Crippen LogP contribution in [-0.2, 0) is 19.0 Å². The molecule has 2 aliphatic carbocycles. The lowest BCUT2D eigenvalue weighted by molar-refractivity contribution is -0.256. The second-order valence-electron chi connectivity index (χ2n) is 14.2. The molecule has 54 heavy (non-hydrogen) atoms. The van der Waals surface area contributed by atoms with Gasteiger partial charge < -0.3 is 43.8 Å². The van der Waals surface area contributed by atoms with Crippen LogP contribution in [0.3, 0.4) is 0 Å². The van der Waals surface area contributed by atoms with Crippen molar-refractivity contribution in [3.63, 3.8) is 0 Å². The van der Waals surface area contributed by atoms with Gasteiger partial charge in [0, 0.05) is 57.3 Å². The maximum atomic E-state index is 14.1. The van der Waals surface area contributed by atoms with Crippen LogP contribution in [0.1, 0.15) is 63.4 Å². The first-order chi connectivity index (χ1) is 26.5. The molecule has 1 aromatic rings. The number of hydrogen-bond acceptors (Lipinski definition) is 12. The summed E-state index contributed by atoms with van der Waals surface area (Å²) >= 11 is 5.99. The van der Waals surface area contributed by atoms with Gasteiger partial charge in [-0.3, -0.25) is 9.80 Å². The van der Waals surface area contributed by atoms with Crippen LogP contribution in [0, 0.1) is 17.8 Å². The number of carbonyl (C=O) groups excluding carboxylic acids is 1. The number of aliphatic hydroxyl groups is 3. The Kier molecular flexibility index (Phi) is 16.7. The molecule has 0 aromatic heterocycles. The predicted molar refractivity (Wildman–Crippen MR) is 205 cm³/mol. The highest BCUT2D eigenvalue weighted by molar-refractivity contribution is 6.18. The molecule has 13 nitrogen and oxygen atoms in total. The van der Waals surface area contributed by atoms with E-state index in [0.29, 0.717) is 37.5 Å². The van der Waals surface area contributed by atoms with Gasteiger partial charge in [0.05, 0.1) is 43.9 Å². The van der Waals surface area contributed by atoms with Crippen molar-refractivity contribution in [3.05, 3.63) is 48.1 Å². The second kappa shape index (κ2) is 21.4. The molecule has 1 saturated heterocycles. The maximum absolute atomic E-state index is 14.1. The molecular weight excluding hydrogens is 718 g/mol. The molecule has 6 unspecified atom stereocenters. The quantitative estimate of drug-likeness (QED) is 0.0416. The molecule has 1 amide bonds. The number of unbranched alkanes of at least 4 members (excludes halogenated alkanes) is 2. The average molecular weight is 778 g/mol. The third kappa shape index (κ3) is 10.3. The van der Waals surface area contributed by atoms with E-state index in [1.165, 1.54) is 0 Å². The zero-order chi connectivity index (χ0) is 38.3. The highest BCUT2D eigenvalue weighted by Gasteiger charge is 2.65. The van der Waals surface area contributed by atoms with Crippen LogP contribution < -0.4 is 9.47 Å². The third-order valence-corrected chi connectivity index (χ3v) is 10.9. The number of allylic oxidation sites excluding steroid dienone is 1. The van der Waals surface area contributed by atoms with Gasteiger partial charge in [0.2, 0.25) is 5.79 Å². The number of amides is 1. The summed E-state index contributed by atoms with van der Waals surface area (Å²) in [6.45, 7) is 10.4. The summed E-state index contributed by atoms with van der Waals surface area (Å²) in [6.07, 6.45) is 8.31. The largest absolute Gasteiger partial charge is 0.492 e. The van der Waals surface area contributed by atoms with Gasteiger partial charge in [-0.1, -0.05) is 30.1 Å². The van der Waals surface area contributed by atoms with E-state index in [9.17, 15) is 20.1 Å². The lowest BCUT2D eigenvalue weighted by atomic mass is 9.55. The van der Waals surface area contributed by atoms with Crippen molar-refractivity contribution in [1.82, 2.24) is 9.80 Å². The maximum Gasteiger partial charge on any atom is 0.410 e. The lowest BCUT2D eigenvalue weighted by Gasteiger charge is -2.59. The topological polar surface area (TPSA) is 152 Å². The number of benzene rings is 1. The van der Waals surface area contributed by atoms with Crippen LogP contribution in [0.4, 0.5) is 4.79 Å². The number of alkyl halides is 1. The molecule has 14 heteroatoms. The van der Waals surface area contributed by atoms with Crippen LogP contribution >= 0.6 is 11.6 Å². The van der Waals surface area contributed by atoms with Gasteiger partial charge >= 0.3 is 6.09 Å². The van der Waals surface area contributed by atoms with Crippen LogP contribution in [-0.4, -0.2) is 140 Å². The van der Waals surface area contributed by atoms with Gasteiger partial charge in [-0.15, -0.1) is 18.2 Å². The van der Waals surface area contributed by atoms with Crippen molar-refractivity contribution in [2.75, 3.05) is 91.5 Å². The third-order valence-electron chi connectivity index (χ3n) is 10.8. The van der Waals surface area contributed by atoms with E-state index in [0.717, 1.165) is 62.2 Å². The van der Waals surface area contributed by atoms with Crippen molar-refractivity contribution < 1.29 is 48.6 Å². The van der Waals surface area contributed by atoms with Gasteiger partial charge in [0.15, 0.2) is 0 Å². The Balaban J connectivity index is 1.71. The number of ether oxygens (including phenoxy) is 5. The van der Waals surface area contributed by atoms with Gasteiger partial charge in [-0.25, -0.2) is 4.79 Å². The van der Waals surface area contributed by atoms with Crippen LogP contribution in [0.15, 0.2) is 47.7 Å². The first kappa shape index (κ1) is 42.2. The van der Waals surface area contributed by atoms with E-state index in [1.54, 1.807) is 11.0 Å². The van der Waals surface area contributed by atoms with E-state index in [4.69, 9.17) is 45.3 Å². The summed E-state index contributed by atoms with van der Waals surface area (Å²) in [4.78, 5) is 23.8. The van der Waals surface area contributed by atoms with Crippen LogP contribution in [0.2, 0.25) is 0 Å². The van der Waals surface area contributed by atoms with E-state index in [1.807, 2.05) is 19.1 Å². The van der Waals surface area contributed by atoms with Crippen molar-refractivity contribution in [3.8, 4) is 11.5 Å². The zero-order valence-electron chi connectivity index (χ0n) is 31.7. The van der Waals surface area contributed by atoms with E-state index in [2.05, 4.69) is 23.6 Å². The summed E-state index contributed by atoms with van der Waals surface area (Å²) in [5.41, 5.74) is 2.64. The summed E-state index contributed by atoms with van der Waals surface area (Å²) < 4.78 is 31.8. The van der Waals surface area contributed by atoms with E-state index >= 15 is 0 Å². The number of halogens is 1. The summed E-state index contributed by atoms with van der Waals surface area (Å²) in [5.74, 6) is -0.335. The van der Waals surface area contributed by atoms with E-state index in [-0.39, 0.29) is 82.8 Å². The Bertz CT molecular complexity index is 1410. The Morgan fingerprint density at radius 2 is 1.89 bits per heavy atom. The number of aliphatic hydroxyl groups excluding tert-OH is 3. The Labute approximate surface area is 324 Å². The zero-order valence-corrected chi connectivity index (χ0v) is 32.5. The number of oxime groups is 1. The van der Waals surface area contributed by atoms with Crippen LogP contribution in [0.5, 0.6) is 11.5 Å². The number of fused-ring (bicyclic) bond motifs is 2. The van der Waals surface area contributed by atoms with E-state index < -0.39 is 23.8 Å². The molecule has 2 heterocycles. The summed E-state index contributed by atoms with van der Waals surface area (Å²) in [7, 11) is 0. The molecule has 3 N–H and O–H groups in total. The second-order valence-corrected chi connectivity index (χ2v) is 14.6. The molecule has 2 fully saturated rings. The number of carbonyl (C=O) groups is 1. The number of nitrogens with zero attached hydrogens (tertiary/aromatic N) is 3. The normalized spacial score (nSPS) is 26.3. The smallest absolute Gasteiger partial charge is 0.410 e. The van der Waals surface area contributed by atoms with Gasteiger partial charge in [-0.2, -0.15) is 0 Å². The molecule has 1 saturated carbocycles. The standard InChI is InChI=1S/C40H60ClN3O10/c1-3-21-52-40-36(44(17-23-49-25-20-47)39(48)51-22-13-41)28-34(42-53-4-2)32-26-29(9-5-7-18-45)31(10-6-8-19-46)37(38(32)40)33-27-30(11-12-35(33)54-40)50-24-16-43-14-15-43/h3,11-12,26-27,29,31,36-38,45-47H,1,4-10,13-25,28H2,2H3. The average Bonchev–Trinajstić information content (AvgIpc) is 4.01. The monoisotopic (exact) mass is 777 g/mol. The first-order valence-electron chi connectivity index (χ1n) is 19.7. The van der Waals surface area contributed by atoms with Gasteiger partial charge in [0.25, 0.3) is 0 Å². The fourth-order valence-corrected chi connectivity index (χ4v) is 8.46. The minimum absolute atomic E-state index is 0.00536. The molecule has 4 aliphatic rings. The number of rotatable bonds is 25. The minimum atomic E-state index is -1.42. The van der Waals surface area contributed by atoms with Crippen molar-refractivity contribution in [2.24, 2.45) is 22.9 Å². The molecule has 0 spiro atoms. The summed E-state index contributed by atoms with van der Waals surface area (Å²) in [5, 5.41) is 33.7. The minimum Gasteiger partial charge on any atom is -0.492 e. The molecule has 2 aliphatic heterocycles. The van der Waals surface area contributed by atoms with Crippen molar-refractivity contribution >= 4 is 23.4 Å². The van der Waals surface area contributed by atoms with Gasteiger partial charge in [0.1, 0.15) is 37.4 Å². The molecular formula is C40H60ClN3O10. The van der Waals surface area contributed by atoms with Crippen molar-refractivity contribution in [1.29, 1.82) is 0 Å². The highest BCUT2D eigenvalue weighted by atomic mass is 35.5. The van der Waals surface area contributed by atoms with Gasteiger partial charge in [-0.05, 0) is 68.2 Å². The Morgan fingerprint density at radius 3 is 2.59 bits per heavy atom. The molecule has 5 rings (SSSR count). The molecule has 1 aromatic carbocycles. The Hall–Kier alpha value is -2.91. The summed E-state index contributed by atoms with van der Waals surface area (Å²) in [6, 6.07) is 5.21. The molecule has 302 valence electrons. The van der Waals surface area contributed by atoms with Crippen LogP contribution in [0.25, 0.3) is 0 Å². The fourth-order valence-electron chi connectivity index (χ4n) is 8.38. The SMILES string of the molecule is C=CCOC12Oc3ccc(OCCN4CC4)cc3C3C(CCCCO)C(CCCCO)C=C(C(=NOCC)CC1N(CCOCCO)C(=O)OCCCl)C32. The fraction of sp³-hybridized carbons (Fsp3) is 0.700.